The Bertz CT molecular complexity index is 2180. The number of aliphatic carboxylic acids is 1. The molecule has 1 aliphatic rings. The number of hydrogen-bond acceptors (Lipinski definition) is 9. The standard InChI is InChI=1S/C46H50ClN5O5/c1-31-9-4-5-19-52(31)28-38-23-41(47)45(24-44(38)56-29-36-21-35(25-48)26-50-27-36)57-30-37-10-6-11-39(32(37)2)40-12-7-13-43(33(40)3)55-20-8-16-51-42(46(53)54)22-34-14-17-49-18-15-34/h6-7,10-15,17-18,21,23-24,26-27,31,42,51H,4-5,8-9,16,19-20,22,28-30H2,1-3H3,(H,53,54)/t31-,42+/m1/s1. The lowest BCUT2D eigenvalue weighted by molar-refractivity contribution is -0.139. The Kier molecular flexibility index (Phi) is 14.5. The van der Waals surface area contributed by atoms with Crippen molar-refractivity contribution in [2.24, 2.45) is 0 Å². The van der Waals surface area contributed by atoms with Gasteiger partial charge in [-0.05, 0) is 123 Å². The van der Waals surface area contributed by atoms with Crippen LogP contribution in [0.2, 0.25) is 5.02 Å². The third-order valence-corrected chi connectivity index (χ3v) is 10.9. The summed E-state index contributed by atoms with van der Waals surface area (Å²) in [4.78, 5) is 22.5. The van der Waals surface area contributed by atoms with Crippen LogP contribution in [-0.4, -0.2) is 57.7 Å². The van der Waals surface area contributed by atoms with E-state index < -0.39 is 12.0 Å². The van der Waals surface area contributed by atoms with E-state index in [1.54, 1.807) is 24.7 Å². The fraction of sp³-hybridized carbons (Fsp3) is 0.348. The van der Waals surface area contributed by atoms with Crippen molar-refractivity contribution in [1.29, 1.82) is 5.26 Å². The number of aromatic nitrogens is 2. The van der Waals surface area contributed by atoms with Gasteiger partial charge in [0, 0.05) is 54.6 Å². The van der Waals surface area contributed by atoms with E-state index in [0.717, 1.165) is 63.2 Å². The number of carboxylic acid groups (broad SMARTS) is 1. The van der Waals surface area contributed by atoms with Crippen LogP contribution in [0.25, 0.3) is 11.1 Å². The van der Waals surface area contributed by atoms with Crippen molar-refractivity contribution in [3.63, 3.8) is 0 Å². The van der Waals surface area contributed by atoms with Gasteiger partial charge in [0.25, 0.3) is 0 Å². The van der Waals surface area contributed by atoms with Gasteiger partial charge in [0.1, 0.15) is 42.6 Å². The van der Waals surface area contributed by atoms with Crippen molar-refractivity contribution in [3.05, 3.63) is 135 Å². The Morgan fingerprint density at radius 2 is 1.68 bits per heavy atom. The second-order valence-corrected chi connectivity index (χ2v) is 15.0. The summed E-state index contributed by atoms with van der Waals surface area (Å²) in [5.41, 5.74) is 8.47. The smallest absolute Gasteiger partial charge is 0.321 e. The maximum absolute atomic E-state index is 11.8. The Morgan fingerprint density at radius 1 is 0.912 bits per heavy atom. The first-order valence-electron chi connectivity index (χ1n) is 19.5. The molecule has 0 bridgehead atoms. The van der Waals surface area contributed by atoms with E-state index >= 15 is 0 Å². The van der Waals surface area contributed by atoms with Crippen LogP contribution in [0.15, 0.2) is 91.5 Å². The summed E-state index contributed by atoms with van der Waals surface area (Å²) in [6, 6.07) is 23.5. The van der Waals surface area contributed by atoms with Crippen molar-refractivity contribution < 1.29 is 24.1 Å². The molecule has 296 valence electrons. The van der Waals surface area contributed by atoms with Crippen molar-refractivity contribution in [2.75, 3.05) is 19.7 Å². The monoisotopic (exact) mass is 787 g/mol. The summed E-state index contributed by atoms with van der Waals surface area (Å²) in [7, 11) is 0. The Hall–Kier alpha value is -5.47. The number of ether oxygens (including phenoxy) is 3. The number of piperidine rings is 1. The second-order valence-electron chi connectivity index (χ2n) is 14.6. The number of nitriles is 1. The highest BCUT2D eigenvalue weighted by Crippen LogP contribution is 2.37. The van der Waals surface area contributed by atoms with E-state index in [9.17, 15) is 15.2 Å². The molecular weight excluding hydrogens is 738 g/mol. The number of benzene rings is 3. The summed E-state index contributed by atoms with van der Waals surface area (Å²) >= 11 is 6.92. The number of carboxylic acids is 1. The molecule has 2 atom stereocenters. The molecule has 2 N–H and O–H groups in total. The number of halogens is 1. The van der Waals surface area contributed by atoms with Gasteiger partial charge in [0.05, 0.1) is 17.2 Å². The molecule has 3 aromatic carbocycles. The van der Waals surface area contributed by atoms with Crippen LogP contribution in [-0.2, 0) is 31.0 Å². The quantitative estimate of drug-likeness (QED) is 0.0831. The van der Waals surface area contributed by atoms with E-state index in [0.29, 0.717) is 67.3 Å². The maximum atomic E-state index is 11.8. The molecule has 0 amide bonds. The molecule has 3 heterocycles. The first-order valence-corrected chi connectivity index (χ1v) is 19.9. The molecule has 0 aliphatic carbocycles. The van der Waals surface area contributed by atoms with E-state index in [1.165, 1.54) is 19.0 Å². The number of nitrogens with zero attached hydrogens (tertiary/aromatic N) is 4. The molecule has 2 aromatic heterocycles. The van der Waals surface area contributed by atoms with Gasteiger partial charge in [-0.2, -0.15) is 5.26 Å². The van der Waals surface area contributed by atoms with Crippen LogP contribution in [0, 0.1) is 25.2 Å². The van der Waals surface area contributed by atoms with Crippen molar-refractivity contribution in [1.82, 2.24) is 20.2 Å². The van der Waals surface area contributed by atoms with Crippen molar-refractivity contribution in [2.45, 2.75) is 84.7 Å². The first-order chi connectivity index (χ1) is 27.7. The molecule has 11 heteroatoms. The summed E-state index contributed by atoms with van der Waals surface area (Å²) < 4.78 is 19.0. The Morgan fingerprint density at radius 3 is 2.46 bits per heavy atom. The molecule has 0 radical (unpaired) electrons. The van der Waals surface area contributed by atoms with E-state index in [-0.39, 0.29) is 6.61 Å². The first kappa shape index (κ1) is 41.2. The highest BCUT2D eigenvalue weighted by atomic mass is 35.5. The van der Waals surface area contributed by atoms with Gasteiger partial charge >= 0.3 is 5.97 Å². The minimum absolute atomic E-state index is 0.254. The largest absolute Gasteiger partial charge is 0.493 e. The number of hydrogen-bond donors (Lipinski definition) is 2. The molecule has 0 saturated carbocycles. The summed E-state index contributed by atoms with van der Waals surface area (Å²) in [5, 5.41) is 22.7. The molecule has 1 aliphatic heterocycles. The molecule has 6 rings (SSSR count). The molecule has 0 spiro atoms. The third kappa shape index (κ3) is 11.1. The van der Waals surface area contributed by atoms with E-state index in [2.05, 4.69) is 65.2 Å². The van der Waals surface area contributed by atoms with Gasteiger partial charge in [-0.1, -0.05) is 48.4 Å². The Labute approximate surface area is 340 Å². The number of rotatable bonds is 18. The lowest BCUT2D eigenvalue weighted by Crippen LogP contribution is -2.39. The van der Waals surface area contributed by atoms with Crippen molar-refractivity contribution in [3.8, 4) is 34.4 Å². The molecule has 5 aromatic rings. The minimum atomic E-state index is -0.884. The number of nitrogens with one attached hydrogen (secondary N) is 1. The maximum Gasteiger partial charge on any atom is 0.321 e. The predicted octanol–water partition coefficient (Wildman–Crippen LogP) is 8.87. The number of likely N-dealkylation sites (tertiary alicyclic amines) is 1. The third-order valence-electron chi connectivity index (χ3n) is 10.6. The van der Waals surface area contributed by atoms with Gasteiger partial charge < -0.3 is 24.6 Å². The molecule has 0 unspecified atom stereocenters. The van der Waals surface area contributed by atoms with Crippen LogP contribution in [0.4, 0.5) is 0 Å². The summed E-state index contributed by atoms with van der Waals surface area (Å²) in [6.45, 7) is 9.66. The Balaban J connectivity index is 1.12. The normalized spacial score (nSPS) is 14.8. The number of carbonyl (C=O) groups is 1. The molecule has 1 saturated heterocycles. The summed E-state index contributed by atoms with van der Waals surface area (Å²) in [6.07, 6.45) is 11.2. The van der Waals surface area contributed by atoms with Gasteiger partial charge in [-0.25, -0.2) is 0 Å². The van der Waals surface area contributed by atoms with E-state index in [1.807, 2.05) is 42.5 Å². The number of pyridine rings is 2. The fourth-order valence-electron chi connectivity index (χ4n) is 7.23. The zero-order valence-corrected chi connectivity index (χ0v) is 33.6. The summed E-state index contributed by atoms with van der Waals surface area (Å²) in [5.74, 6) is 1.12. The predicted molar refractivity (Wildman–Crippen MR) is 222 cm³/mol. The molecule has 57 heavy (non-hydrogen) atoms. The van der Waals surface area contributed by atoms with Crippen LogP contribution >= 0.6 is 11.6 Å². The lowest BCUT2D eigenvalue weighted by Gasteiger charge is -2.33. The topological polar surface area (TPSA) is 130 Å². The molecular formula is C46H50ClN5O5. The SMILES string of the molecule is Cc1c(COc2cc(OCc3cncc(C#N)c3)c(CN3CCCC[C@H]3C)cc2Cl)cccc1-c1cccc(OCCCN[C@@H](Cc2ccncc2)C(=O)O)c1C. The van der Waals surface area contributed by atoms with Gasteiger partial charge in [0.2, 0.25) is 0 Å². The van der Waals surface area contributed by atoms with Crippen LogP contribution in [0.1, 0.15) is 71.6 Å². The van der Waals surface area contributed by atoms with Crippen molar-refractivity contribution >= 4 is 17.6 Å². The second kappa shape index (κ2) is 20.1. The lowest BCUT2D eigenvalue weighted by atomic mass is 9.93. The average Bonchev–Trinajstić information content (AvgIpc) is 3.22. The fourth-order valence-corrected chi connectivity index (χ4v) is 7.47. The van der Waals surface area contributed by atoms with Crippen LogP contribution < -0.4 is 19.5 Å². The van der Waals surface area contributed by atoms with Gasteiger partial charge in [-0.15, -0.1) is 0 Å². The molecule has 1 fully saturated rings. The van der Waals surface area contributed by atoms with E-state index in [4.69, 9.17) is 25.8 Å². The molecule has 10 nitrogen and oxygen atoms in total. The van der Waals surface area contributed by atoms with Gasteiger partial charge in [0.15, 0.2) is 0 Å². The van der Waals surface area contributed by atoms with Crippen LogP contribution in [0.3, 0.4) is 0 Å². The highest BCUT2D eigenvalue weighted by Gasteiger charge is 2.22. The van der Waals surface area contributed by atoms with Gasteiger partial charge in [-0.3, -0.25) is 19.7 Å². The average molecular weight is 788 g/mol. The van der Waals surface area contributed by atoms with Crippen LogP contribution in [0.5, 0.6) is 17.2 Å². The zero-order valence-electron chi connectivity index (χ0n) is 32.8. The highest BCUT2D eigenvalue weighted by molar-refractivity contribution is 6.32. The zero-order chi connectivity index (χ0) is 40.1. The minimum Gasteiger partial charge on any atom is -0.493 e.